The molecule has 0 aliphatic rings. The third kappa shape index (κ3) is 12.9. The van der Waals surface area contributed by atoms with Gasteiger partial charge in [0.15, 0.2) is 0 Å². The first-order valence-electron chi connectivity index (χ1n) is 6.89. The first kappa shape index (κ1) is 16.0. The molecule has 0 nitrogen and oxygen atoms in total. The normalized spacial score (nSPS) is 10.6. The van der Waals surface area contributed by atoms with Crippen molar-refractivity contribution in [1.82, 2.24) is 0 Å². The van der Waals surface area contributed by atoms with Crippen molar-refractivity contribution < 1.29 is 0 Å². The average molecular weight is 232 g/mol. The Hall–Kier alpha value is -1.04. The van der Waals surface area contributed by atoms with Crippen LogP contribution < -0.4 is 0 Å². The zero-order valence-electron chi connectivity index (χ0n) is 11.3. The maximum absolute atomic E-state index is 4.02. The Labute approximate surface area is 108 Å². The highest BCUT2D eigenvalue weighted by molar-refractivity contribution is 5.17. The number of unbranched alkanes of at least 4 members (excludes halogenated alkanes) is 7. The van der Waals surface area contributed by atoms with E-state index in [0.29, 0.717) is 0 Å². The van der Waals surface area contributed by atoms with Crippen molar-refractivity contribution in [2.45, 2.75) is 57.8 Å². The highest BCUT2D eigenvalue weighted by Gasteiger charge is 1.93. The van der Waals surface area contributed by atoms with Crippen molar-refractivity contribution in [2.24, 2.45) is 0 Å². The van der Waals surface area contributed by atoms with Gasteiger partial charge in [0.05, 0.1) is 0 Å². The minimum atomic E-state index is 1.13. The molecule has 0 saturated heterocycles. The van der Waals surface area contributed by atoms with E-state index in [2.05, 4.69) is 25.8 Å². The fourth-order valence-corrected chi connectivity index (χ4v) is 1.81. The molecule has 0 bridgehead atoms. The zero-order valence-corrected chi connectivity index (χ0v) is 11.3. The van der Waals surface area contributed by atoms with E-state index >= 15 is 0 Å². The Morgan fingerprint density at radius 1 is 0.824 bits per heavy atom. The first-order valence-corrected chi connectivity index (χ1v) is 6.89. The van der Waals surface area contributed by atoms with Crippen molar-refractivity contribution >= 4 is 0 Å². The van der Waals surface area contributed by atoms with Gasteiger partial charge in [-0.1, -0.05) is 75.1 Å². The van der Waals surface area contributed by atoms with E-state index in [1.165, 1.54) is 56.9 Å². The molecule has 0 aromatic heterocycles. The van der Waals surface area contributed by atoms with Gasteiger partial charge in [-0.3, -0.25) is 0 Å². The minimum absolute atomic E-state index is 1.13. The highest BCUT2D eigenvalue weighted by atomic mass is 14.0. The molecule has 0 saturated carbocycles. The van der Waals surface area contributed by atoms with Gasteiger partial charge in [-0.05, 0) is 25.7 Å². The lowest BCUT2D eigenvalue weighted by Gasteiger charge is -2.02. The molecule has 0 atom stereocenters. The van der Waals surface area contributed by atoms with Gasteiger partial charge in [0.1, 0.15) is 0 Å². The van der Waals surface area contributed by atoms with Crippen LogP contribution >= 0.6 is 0 Å². The monoisotopic (exact) mass is 232 g/mol. The summed E-state index contributed by atoms with van der Waals surface area (Å²) < 4.78 is 0. The second-order valence-electron chi connectivity index (χ2n) is 4.56. The van der Waals surface area contributed by atoms with E-state index in [1.54, 1.807) is 6.08 Å². The predicted molar refractivity (Wildman–Crippen MR) is 80.2 cm³/mol. The second-order valence-corrected chi connectivity index (χ2v) is 4.56. The van der Waals surface area contributed by atoms with E-state index in [-0.39, 0.29) is 0 Å². The third-order valence-electron chi connectivity index (χ3n) is 2.87. The molecule has 0 N–H and O–H groups in total. The fraction of sp³-hybridized carbons (Fsp3) is 0.529. The minimum Gasteiger partial charge on any atom is -0.103 e. The number of rotatable bonds is 12. The maximum atomic E-state index is 4.02. The predicted octanol–water partition coefficient (Wildman–Crippen LogP) is 5.98. The molecular formula is C17H28. The van der Waals surface area contributed by atoms with Crippen LogP contribution in [0.4, 0.5) is 0 Å². The van der Waals surface area contributed by atoms with Crippen molar-refractivity contribution in [3.63, 3.8) is 0 Å². The molecule has 0 radical (unpaired) electrons. The van der Waals surface area contributed by atoms with E-state index in [4.69, 9.17) is 0 Å². The quantitative estimate of drug-likeness (QED) is 0.220. The Bertz CT molecular complexity index is 232. The topological polar surface area (TPSA) is 0 Å². The summed E-state index contributed by atoms with van der Waals surface area (Å²) in [5.74, 6) is 0. The Morgan fingerprint density at radius 3 is 2.00 bits per heavy atom. The molecule has 0 aliphatic heterocycles. The van der Waals surface area contributed by atoms with Gasteiger partial charge in [0.2, 0.25) is 0 Å². The van der Waals surface area contributed by atoms with Crippen molar-refractivity contribution in [1.29, 1.82) is 0 Å². The summed E-state index contributed by atoms with van der Waals surface area (Å²) in [7, 11) is 0. The van der Waals surface area contributed by atoms with Crippen molar-refractivity contribution in [3.8, 4) is 0 Å². The Balaban J connectivity index is 3.18. The Morgan fingerprint density at radius 2 is 1.41 bits per heavy atom. The van der Waals surface area contributed by atoms with Crippen molar-refractivity contribution in [2.75, 3.05) is 0 Å². The highest BCUT2D eigenvalue weighted by Crippen LogP contribution is 2.12. The van der Waals surface area contributed by atoms with Crippen LogP contribution in [-0.2, 0) is 0 Å². The summed E-state index contributed by atoms with van der Waals surface area (Å²) in [6.45, 7) is 11.4. The van der Waals surface area contributed by atoms with Gasteiger partial charge in [-0.25, -0.2) is 0 Å². The molecule has 0 aromatic rings. The summed E-state index contributed by atoms with van der Waals surface area (Å²) in [6.07, 6.45) is 19.5. The lowest BCUT2D eigenvalue weighted by atomic mass is 10.0. The lowest BCUT2D eigenvalue weighted by Crippen LogP contribution is -1.82. The van der Waals surface area contributed by atoms with Gasteiger partial charge in [-0.2, -0.15) is 0 Å². The van der Waals surface area contributed by atoms with Gasteiger partial charge >= 0.3 is 0 Å². The molecule has 0 aromatic carbocycles. The van der Waals surface area contributed by atoms with E-state index in [0.717, 1.165) is 6.42 Å². The van der Waals surface area contributed by atoms with Crippen LogP contribution in [-0.4, -0.2) is 0 Å². The molecule has 0 unspecified atom stereocenters. The van der Waals surface area contributed by atoms with Crippen molar-refractivity contribution in [3.05, 3.63) is 49.6 Å². The first-order chi connectivity index (χ1) is 8.31. The summed E-state index contributed by atoms with van der Waals surface area (Å²) in [5.41, 5.74) is 1.22. The molecule has 0 rings (SSSR count). The summed E-state index contributed by atoms with van der Waals surface area (Å²) in [5, 5.41) is 0. The average Bonchev–Trinajstić information content (AvgIpc) is 2.34. The van der Waals surface area contributed by atoms with Crippen LogP contribution in [0.1, 0.15) is 57.8 Å². The molecule has 0 spiro atoms. The molecule has 0 heteroatoms. The van der Waals surface area contributed by atoms with Crippen LogP contribution in [0.5, 0.6) is 0 Å². The van der Waals surface area contributed by atoms with E-state index in [9.17, 15) is 0 Å². The smallest absolute Gasteiger partial charge is 0.0285 e. The third-order valence-corrected chi connectivity index (χ3v) is 2.87. The number of allylic oxidation sites excluding steroid dienone is 5. The number of hydrogen-bond acceptors (Lipinski definition) is 0. The molecular weight excluding hydrogens is 204 g/mol. The summed E-state index contributed by atoms with van der Waals surface area (Å²) >= 11 is 0. The zero-order chi connectivity index (χ0) is 12.8. The largest absolute Gasteiger partial charge is 0.103 e. The van der Waals surface area contributed by atoms with Gasteiger partial charge in [0.25, 0.3) is 0 Å². The fourth-order valence-electron chi connectivity index (χ4n) is 1.81. The SMILES string of the molecule is C=C/C=C\C(=C)CCCCCCCCCC=C. The maximum Gasteiger partial charge on any atom is -0.0285 e. The molecule has 0 fully saturated rings. The Kier molecular flexibility index (Phi) is 12.2. The molecule has 96 valence electrons. The summed E-state index contributed by atoms with van der Waals surface area (Å²) in [4.78, 5) is 0. The standard InChI is InChI=1S/C17H28/c1-4-6-8-9-10-11-12-13-14-16-17(3)15-7-5-2/h4-5,7,15H,1-3,6,8-14,16H2/b15-7-. The van der Waals surface area contributed by atoms with Crippen LogP contribution in [0.15, 0.2) is 49.6 Å². The van der Waals surface area contributed by atoms with Crippen LogP contribution in [0.2, 0.25) is 0 Å². The van der Waals surface area contributed by atoms with Gasteiger partial charge in [-0.15, -0.1) is 6.58 Å². The summed E-state index contributed by atoms with van der Waals surface area (Å²) in [6, 6.07) is 0. The molecule has 0 amide bonds. The molecule has 0 heterocycles. The van der Waals surface area contributed by atoms with E-state index in [1.807, 2.05) is 12.2 Å². The lowest BCUT2D eigenvalue weighted by molar-refractivity contribution is 0.582. The van der Waals surface area contributed by atoms with E-state index < -0.39 is 0 Å². The molecule has 0 aliphatic carbocycles. The van der Waals surface area contributed by atoms with Gasteiger partial charge < -0.3 is 0 Å². The van der Waals surface area contributed by atoms with Crippen LogP contribution in [0.25, 0.3) is 0 Å². The van der Waals surface area contributed by atoms with Gasteiger partial charge in [0, 0.05) is 0 Å². The molecule has 17 heavy (non-hydrogen) atoms. The van der Waals surface area contributed by atoms with Crippen LogP contribution in [0.3, 0.4) is 0 Å². The number of hydrogen-bond donors (Lipinski definition) is 0. The second kappa shape index (κ2) is 13.0. The van der Waals surface area contributed by atoms with Crippen LogP contribution in [0, 0.1) is 0 Å².